The van der Waals surface area contributed by atoms with E-state index in [2.05, 4.69) is 25.7 Å². The molecule has 0 amide bonds. The Balaban J connectivity index is 2.31. The van der Waals surface area contributed by atoms with Crippen LogP contribution in [0.4, 0.5) is 8.78 Å². The number of nitrogens with zero attached hydrogens (tertiary/aromatic N) is 1. The number of carbonyl (C=O) groups excluding carboxylic acids is 1. The molecule has 0 saturated carbocycles. The van der Waals surface area contributed by atoms with E-state index in [0.29, 0.717) is 24.8 Å². The van der Waals surface area contributed by atoms with Crippen molar-refractivity contribution in [3.63, 3.8) is 0 Å². The molecule has 0 aliphatic rings. The number of benzene rings is 1. The second kappa shape index (κ2) is 8.87. The van der Waals surface area contributed by atoms with Gasteiger partial charge in [-0.25, -0.2) is 18.6 Å². The lowest BCUT2D eigenvalue weighted by Gasteiger charge is -2.14. The summed E-state index contributed by atoms with van der Waals surface area (Å²) in [5.74, 6) is -2.26. The highest BCUT2D eigenvalue weighted by Crippen LogP contribution is 2.36. The van der Waals surface area contributed by atoms with Gasteiger partial charge in [-0.3, -0.25) is 0 Å². The molecule has 2 aromatic rings. The molecule has 2 rings (SSSR count). The van der Waals surface area contributed by atoms with Gasteiger partial charge in [0, 0.05) is 30.5 Å². The standard InChI is InChI=1S/C17H16BrF2NO4/c1-24-17(23)10-5-6-14(21-9-10)25-16-11(4-2-3-7-22)15(18)12(19)8-13(16)20/h5-6,8-9,22H,2-4,7H2,1H3. The Kier molecular flexibility index (Phi) is 6.83. The molecule has 1 N–H and O–H groups in total. The molecule has 0 spiro atoms. The molecule has 1 aromatic heterocycles. The number of unbranched alkanes of at least 4 members (excludes halogenated alkanes) is 1. The number of pyridine rings is 1. The van der Waals surface area contributed by atoms with Crippen LogP contribution in [0.25, 0.3) is 0 Å². The van der Waals surface area contributed by atoms with Crippen LogP contribution in [0, 0.1) is 11.6 Å². The average molecular weight is 416 g/mol. The third kappa shape index (κ3) is 4.73. The van der Waals surface area contributed by atoms with E-state index in [9.17, 15) is 13.6 Å². The highest BCUT2D eigenvalue weighted by Gasteiger charge is 2.19. The molecular formula is C17H16BrF2NO4. The first-order valence-electron chi connectivity index (χ1n) is 7.47. The van der Waals surface area contributed by atoms with Crippen molar-refractivity contribution in [1.29, 1.82) is 0 Å². The second-order valence-electron chi connectivity index (χ2n) is 5.12. The molecular weight excluding hydrogens is 400 g/mol. The van der Waals surface area contributed by atoms with Gasteiger partial charge in [0.25, 0.3) is 0 Å². The molecule has 134 valence electrons. The van der Waals surface area contributed by atoms with Crippen molar-refractivity contribution in [2.24, 2.45) is 0 Å². The summed E-state index contributed by atoms with van der Waals surface area (Å²) in [6.45, 7) is -0.0118. The van der Waals surface area contributed by atoms with Crippen molar-refractivity contribution in [2.45, 2.75) is 19.3 Å². The van der Waals surface area contributed by atoms with Crippen LogP contribution < -0.4 is 4.74 Å². The van der Waals surface area contributed by atoms with E-state index in [1.54, 1.807) is 0 Å². The van der Waals surface area contributed by atoms with E-state index in [1.807, 2.05) is 0 Å². The van der Waals surface area contributed by atoms with Crippen molar-refractivity contribution in [3.05, 3.63) is 51.6 Å². The molecule has 0 aliphatic carbocycles. The van der Waals surface area contributed by atoms with Crippen molar-refractivity contribution >= 4 is 21.9 Å². The number of methoxy groups -OCH3 is 1. The van der Waals surface area contributed by atoms with E-state index in [-0.39, 0.29) is 28.3 Å². The number of aliphatic hydroxyl groups is 1. The fourth-order valence-corrected chi connectivity index (χ4v) is 2.65. The Hall–Kier alpha value is -2.06. The summed E-state index contributed by atoms with van der Waals surface area (Å²) in [6.07, 6.45) is 2.58. The normalized spacial score (nSPS) is 10.6. The predicted octanol–water partition coefficient (Wildman–Crippen LogP) is 4.02. The minimum atomic E-state index is -0.862. The van der Waals surface area contributed by atoms with E-state index in [4.69, 9.17) is 9.84 Å². The summed E-state index contributed by atoms with van der Waals surface area (Å²) in [5.41, 5.74) is 0.531. The lowest BCUT2D eigenvalue weighted by Crippen LogP contribution is -2.03. The number of aliphatic hydroxyl groups excluding tert-OH is 1. The first-order valence-corrected chi connectivity index (χ1v) is 8.26. The molecule has 0 saturated heterocycles. The predicted molar refractivity (Wildman–Crippen MR) is 89.7 cm³/mol. The number of esters is 1. The number of ether oxygens (including phenoxy) is 2. The van der Waals surface area contributed by atoms with Gasteiger partial charge >= 0.3 is 5.97 Å². The topological polar surface area (TPSA) is 68.7 Å². The maximum atomic E-state index is 14.2. The molecule has 0 radical (unpaired) electrons. The number of rotatable bonds is 7. The molecule has 0 bridgehead atoms. The summed E-state index contributed by atoms with van der Waals surface area (Å²) in [7, 11) is 1.25. The summed E-state index contributed by atoms with van der Waals surface area (Å²) in [5, 5.41) is 8.88. The second-order valence-corrected chi connectivity index (χ2v) is 5.91. The first kappa shape index (κ1) is 19.3. The summed E-state index contributed by atoms with van der Waals surface area (Å²) >= 11 is 3.10. The molecule has 0 fully saturated rings. The fourth-order valence-electron chi connectivity index (χ4n) is 2.16. The summed E-state index contributed by atoms with van der Waals surface area (Å²) in [6, 6.07) is 3.54. The van der Waals surface area contributed by atoms with Gasteiger partial charge in [-0.1, -0.05) is 0 Å². The van der Waals surface area contributed by atoms with Crippen LogP contribution >= 0.6 is 15.9 Å². The van der Waals surface area contributed by atoms with Gasteiger partial charge < -0.3 is 14.6 Å². The maximum Gasteiger partial charge on any atom is 0.339 e. The van der Waals surface area contributed by atoms with Gasteiger partial charge in [-0.2, -0.15) is 0 Å². The highest BCUT2D eigenvalue weighted by atomic mass is 79.9. The zero-order valence-corrected chi connectivity index (χ0v) is 15.0. The lowest BCUT2D eigenvalue weighted by molar-refractivity contribution is 0.0600. The fraction of sp³-hybridized carbons (Fsp3) is 0.294. The average Bonchev–Trinajstić information content (AvgIpc) is 2.62. The number of hydrogen-bond donors (Lipinski definition) is 1. The van der Waals surface area contributed by atoms with Crippen molar-refractivity contribution in [2.75, 3.05) is 13.7 Å². The van der Waals surface area contributed by atoms with E-state index in [1.165, 1.54) is 25.4 Å². The summed E-state index contributed by atoms with van der Waals surface area (Å²) < 4.78 is 38.2. The van der Waals surface area contributed by atoms with Gasteiger partial charge in [0.1, 0.15) is 5.82 Å². The van der Waals surface area contributed by atoms with Gasteiger partial charge in [0.15, 0.2) is 11.6 Å². The maximum absolute atomic E-state index is 14.2. The van der Waals surface area contributed by atoms with Crippen LogP contribution in [0.3, 0.4) is 0 Å². The van der Waals surface area contributed by atoms with Crippen molar-refractivity contribution < 1.29 is 28.2 Å². The first-order chi connectivity index (χ1) is 12.0. The highest BCUT2D eigenvalue weighted by molar-refractivity contribution is 9.10. The number of hydrogen-bond acceptors (Lipinski definition) is 5. The smallest absolute Gasteiger partial charge is 0.339 e. The van der Waals surface area contributed by atoms with Crippen molar-refractivity contribution in [1.82, 2.24) is 4.98 Å². The zero-order valence-electron chi connectivity index (χ0n) is 13.4. The third-order valence-electron chi connectivity index (χ3n) is 3.42. The Bertz CT molecular complexity index is 753. The number of halogens is 3. The number of carbonyl (C=O) groups is 1. The van der Waals surface area contributed by atoms with Gasteiger partial charge in [-0.05, 0) is 41.3 Å². The molecule has 25 heavy (non-hydrogen) atoms. The Morgan fingerprint density at radius 2 is 2.04 bits per heavy atom. The molecule has 0 atom stereocenters. The molecule has 1 heterocycles. The van der Waals surface area contributed by atoms with Crippen LogP contribution in [-0.4, -0.2) is 29.8 Å². The third-order valence-corrected chi connectivity index (χ3v) is 4.28. The van der Waals surface area contributed by atoms with E-state index in [0.717, 1.165) is 6.07 Å². The molecule has 1 aromatic carbocycles. The van der Waals surface area contributed by atoms with Gasteiger partial charge in [0.2, 0.25) is 5.88 Å². The minimum absolute atomic E-state index is 0.0118. The molecule has 0 unspecified atom stereocenters. The van der Waals surface area contributed by atoms with Crippen LogP contribution in [0.5, 0.6) is 11.6 Å². The van der Waals surface area contributed by atoms with E-state index < -0.39 is 17.6 Å². The van der Waals surface area contributed by atoms with Crippen LogP contribution in [0.15, 0.2) is 28.9 Å². The van der Waals surface area contributed by atoms with Crippen molar-refractivity contribution in [3.8, 4) is 11.6 Å². The van der Waals surface area contributed by atoms with E-state index >= 15 is 0 Å². The minimum Gasteiger partial charge on any atom is -0.465 e. The van der Waals surface area contributed by atoms with Gasteiger partial charge in [-0.15, -0.1) is 0 Å². The molecule has 8 heteroatoms. The van der Waals surface area contributed by atoms with Crippen LogP contribution in [0.2, 0.25) is 0 Å². The zero-order chi connectivity index (χ0) is 18.4. The Morgan fingerprint density at radius 3 is 2.64 bits per heavy atom. The lowest BCUT2D eigenvalue weighted by atomic mass is 10.1. The Morgan fingerprint density at radius 1 is 1.28 bits per heavy atom. The largest absolute Gasteiger partial charge is 0.465 e. The summed E-state index contributed by atoms with van der Waals surface area (Å²) in [4.78, 5) is 15.3. The Labute approximate surface area is 151 Å². The molecule has 0 aliphatic heterocycles. The molecule has 5 nitrogen and oxygen atoms in total. The quantitative estimate of drug-likeness (QED) is 0.420. The SMILES string of the molecule is COC(=O)c1ccc(Oc2c(F)cc(F)c(Br)c2CCCCO)nc1. The van der Waals surface area contributed by atoms with Crippen LogP contribution in [0.1, 0.15) is 28.8 Å². The number of aromatic nitrogens is 1. The monoisotopic (exact) mass is 415 g/mol. The van der Waals surface area contributed by atoms with Gasteiger partial charge in [0.05, 0.1) is 17.1 Å². The van der Waals surface area contributed by atoms with Crippen LogP contribution in [-0.2, 0) is 11.2 Å².